The number of hydrogen-bond donors (Lipinski definition) is 0. The molecule has 4 heterocycles. The number of benzene rings is 4. The number of nitrogens with zero attached hydrogens (tertiary/aromatic N) is 7. The van der Waals surface area contributed by atoms with Crippen molar-refractivity contribution in [3.05, 3.63) is 159 Å². The summed E-state index contributed by atoms with van der Waals surface area (Å²) in [4.78, 5) is 4.12. The van der Waals surface area contributed by atoms with Gasteiger partial charge in [0, 0.05) is 63.0 Å². The van der Waals surface area contributed by atoms with E-state index in [0.29, 0.717) is 0 Å². The minimum absolute atomic E-state index is 0. The molecule has 4 aromatic heterocycles. The van der Waals surface area contributed by atoms with Gasteiger partial charge >= 0.3 is 0 Å². The maximum absolute atomic E-state index is 4.12. The summed E-state index contributed by atoms with van der Waals surface area (Å²) in [6.07, 6.45) is 17.7. The molecule has 4 aromatic carbocycles. The van der Waals surface area contributed by atoms with E-state index in [0.717, 1.165) is 22.8 Å². The van der Waals surface area contributed by atoms with Crippen molar-refractivity contribution in [3.63, 3.8) is 0 Å². The van der Waals surface area contributed by atoms with E-state index in [4.69, 9.17) is 0 Å². The van der Waals surface area contributed by atoms with Crippen LogP contribution in [0.1, 0.15) is 0 Å². The second-order valence-electron chi connectivity index (χ2n) is 9.72. The van der Waals surface area contributed by atoms with Crippen molar-refractivity contribution in [2.24, 2.45) is 14.1 Å². The van der Waals surface area contributed by atoms with Crippen molar-refractivity contribution in [1.82, 2.24) is 24.3 Å². The Morgan fingerprint density at radius 3 is 1.64 bits per heavy atom. The van der Waals surface area contributed by atoms with Crippen molar-refractivity contribution in [1.29, 1.82) is 0 Å². The molecule has 0 saturated heterocycles. The van der Waals surface area contributed by atoms with Gasteiger partial charge in [0.2, 0.25) is 12.7 Å². The fraction of sp³-hybridized carbons (Fsp3) is 0.0556. The molecular formula is C36H28IrN7-3. The summed E-state index contributed by atoms with van der Waals surface area (Å²) in [5.41, 5.74) is 3.77. The molecule has 0 fully saturated rings. The number of rotatable bonds is 3. The van der Waals surface area contributed by atoms with Crippen LogP contribution in [0.5, 0.6) is 0 Å². The van der Waals surface area contributed by atoms with Crippen LogP contribution in [0.3, 0.4) is 0 Å². The fourth-order valence-corrected chi connectivity index (χ4v) is 4.63. The number of aromatic nitrogens is 7. The van der Waals surface area contributed by atoms with E-state index >= 15 is 0 Å². The van der Waals surface area contributed by atoms with E-state index in [1.54, 1.807) is 12.4 Å². The van der Waals surface area contributed by atoms with Gasteiger partial charge in [-0.1, -0.05) is 65.6 Å². The summed E-state index contributed by atoms with van der Waals surface area (Å²) in [6, 6.07) is 38.7. The van der Waals surface area contributed by atoms with Crippen LogP contribution in [0, 0.1) is 24.8 Å². The molecule has 0 atom stereocenters. The molecule has 0 aliphatic rings. The van der Waals surface area contributed by atoms with Crippen LogP contribution < -0.4 is 14.2 Å². The zero-order valence-electron chi connectivity index (χ0n) is 24.2. The predicted octanol–water partition coefficient (Wildman–Crippen LogP) is 5.21. The first-order valence-electron chi connectivity index (χ1n) is 13.7. The van der Waals surface area contributed by atoms with Crippen LogP contribution in [-0.4, -0.2) is 19.2 Å². The first-order chi connectivity index (χ1) is 21.2. The van der Waals surface area contributed by atoms with Crippen LogP contribution in [0.25, 0.3) is 44.3 Å². The van der Waals surface area contributed by atoms with Gasteiger partial charge in [0.05, 0.1) is 14.1 Å². The summed E-state index contributed by atoms with van der Waals surface area (Å²) in [5, 5.41) is 12.4. The van der Waals surface area contributed by atoms with Gasteiger partial charge in [0.25, 0.3) is 0 Å². The number of imidazole rings is 2. The maximum Gasteiger partial charge on any atom is 0.241 e. The molecule has 8 rings (SSSR count). The molecule has 7 nitrogen and oxygen atoms in total. The fourth-order valence-electron chi connectivity index (χ4n) is 4.63. The molecule has 0 aliphatic carbocycles. The van der Waals surface area contributed by atoms with Gasteiger partial charge in [0.15, 0.2) is 0 Å². The van der Waals surface area contributed by atoms with Gasteiger partial charge in [0.1, 0.15) is 0 Å². The Morgan fingerprint density at radius 2 is 1.18 bits per heavy atom. The summed E-state index contributed by atoms with van der Waals surface area (Å²) < 4.78 is 7.72. The summed E-state index contributed by atoms with van der Waals surface area (Å²) in [6.45, 7) is 0. The van der Waals surface area contributed by atoms with Gasteiger partial charge < -0.3 is 28.5 Å². The minimum Gasteiger partial charge on any atom is -0.574 e. The molecule has 0 saturated carbocycles. The molecule has 8 heteroatoms. The van der Waals surface area contributed by atoms with Gasteiger partial charge in [-0.05, 0) is 12.1 Å². The van der Waals surface area contributed by atoms with Crippen molar-refractivity contribution >= 4 is 21.5 Å². The largest absolute Gasteiger partial charge is 0.574 e. The molecule has 0 bridgehead atoms. The molecular weight excluding hydrogens is 723 g/mol. The second kappa shape index (κ2) is 14.3. The molecule has 219 valence electrons. The second-order valence-corrected chi connectivity index (χ2v) is 9.72. The summed E-state index contributed by atoms with van der Waals surface area (Å²) >= 11 is 0. The van der Waals surface area contributed by atoms with E-state index in [-0.39, 0.29) is 20.1 Å². The predicted molar refractivity (Wildman–Crippen MR) is 165 cm³/mol. The molecule has 0 spiro atoms. The van der Waals surface area contributed by atoms with Gasteiger partial charge in [-0.3, -0.25) is 4.98 Å². The third kappa shape index (κ3) is 7.06. The first-order valence-corrected chi connectivity index (χ1v) is 13.7. The standard InChI is InChI=1S/2C14H11N2.C8H6N3.Ir/c2*1-15-9-10-16(11-15)14-8-4-6-12-5-2-3-7-13(12)14;1-2-5-9-7(3-1)8-4-6-10-11-8;/h2*2-7,9-10H,1H3;1-6H;/q3*-1;. The van der Waals surface area contributed by atoms with Gasteiger partial charge in [-0.2, -0.15) is 36.4 Å². The van der Waals surface area contributed by atoms with Crippen molar-refractivity contribution < 1.29 is 29.2 Å². The molecule has 44 heavy (non-hydrogen) atoms. The van der Waals surface area contributed by atoms with Crippen molar-refractivity contribution in [2.75, 3.05) is 0 Å². The van der Waals surface area contributed by atoms with Crippen molar-refractivity contribution in [3.8, 4) is 22.8 Å². The zero-order valence-corrected chi connectivity index (χ0v) is 26.6. The summed E-state index contributed by atoms with van der Waals surface area (Å²) in [7, 11) is 3.92. The van der Waals surface area contributed by atoms with E-state index in [2.05, 4.69) is 76.4 Å². The van der Waals surface area contributed by atoms with Crippen LogP contribution in [-0.2, 0) is 34.2 Å². The molecule has 0 aliphatic heterocycles. The first kappa shape index (κ1) is 30.3. The quantitative estimate of drug-likeness (QED) is 0.184. The Kier molecular flexibility index (Phi) is 9.87. The molecule has 0 N–H and O–H groups in total. The minimum atomic E-state index is 0. The summed E-state index contributed by atoms with van der Waals surface area (Å²) in [5.74, 6) is 0. The molecule has 0 unspecified atom stereocenters. The average molecular weight is 751 g/mol. The van der Waals surface area contributed by atoms with Crippen LogP contribution >= 0.6 is 0 Å². The number of aryl methyl sites for hydroxylation is 2. The monoisotopic (exact) mass is 751 g/mol. The Morgan fingerprint density at radius 1 is 0.636 bits per heavy atom. The van der Waals surface area contributed by atoms with E-state index in [9.17, 15) is 0 Å². The molecule has 0 amide bonds. The van der Waals surface area contributed by atoms with E-state index < -0.39 is 0 Å². The third-order valence-corrected chi connectivity index (χ3v) is 6.68. The number of pyridine rings is 1. The normalized spacial score (nSPS) is 10.3. The maximum atomic E-state index is 4.12. The smallest absolute Gasteiger partial charge is 0.241 e. The number of hydrogen-bond acceptors (Lipinski definition) is 2. The van der Waals surface area contributed by atoms with E-state index in [1.807, 2.05) is 118 Å². The number of fused-ring (bicyclic) bond motifs is 2. The van der Waals surface area contributed by atoms with Crippen LogP contribution in [0.15, 0.2) is 134 Å². The SMILES string of the molecule is C[n+]1[c-]n(-c2[c-]ccc3ccccc23)cc1.C[n+]1[c-]n(-c2[c-]ccc3ccccc23)cc1.[Ir].c1ccc(-c2ccn[n-]2)nc1. The Bertz CT molecular complexity index is 1940. The zero-order chi connectivity index (χ0) is 29.4. The van der Waals surface area contributed by atoms with E-state index in [1.165, 1.54) is 21.5 Å². The molecule has 8 aromatic rings. The van der Waals surface area contributed by atoms with Crippen molar-refractivity contribution in [2.45, 2.75) is 0 Å². The van der Waals surface area contributed by atoms with Gasteiger partial charge in [-0.25, -0.2) is 0 Å². The topological polar surface area (TPSA) is 57.5 Å². The van der Waals surface area contributed by atoms with Crippen LogP contribution in [0.4, 0.5) is 0 Å². The Balaban J connectivity index is 0.000000132. The average Bonchev–Trinajstić information content (AvgIpc) is 3.85. The van der Waals surface area contributed by atoms with Crippen LogP contribution in [0.2, 0.25) is 0 Å². The van der Waals surface area contributed by atoms with Gasteiger partial charge in [-0.15, -0.1) is 33.7 Å². The third-order valence-electron chi connectivity index (χ3n) is 6.68. The molecule has 1 radical (unpaired) electrons. The Labute approximate surface area is 270 Å². The Hall–Kier alpha value is -5.17.